The quantitative estimate of drug-likeness (QED) is 0.297. The molecule has 1 unspecified atom stereocenters. The molecule has 0 saturated heterocycles. The Bertz CT molecular complexity index is 593. The van der Waals surface area contributed by atoms with E-state index >= 15 is 0 Å². The fourth-order valence-corrected chi connectivity index (χ4v) is 4.29. The molecule has 0 aliphatic carbocycles. The SMILES string of the molecule is CCCCCCCCCCCCC(CCC)c1cccc2ccccc12. The summed E-state index contributed by atoms with van der Waals surface area (Å²) in [6.45, 7) is 4.63. The summed E-state index contributed by atoms with van der Waals surface area (Å²) in [5.74, 6) is 0.736. The monoisotopic (exact) mass is 352 g/mol. The summed E-state index contributed by atoms with van der Waals surface area (Å²) in [7, 11) is 0. The Morgan fingerprint density at radius 2 is 1.19 bits per heavy atom. The molecule has 26 heavy (non-hydrogen) atoms. The van der Waals surface area contributed by atoms with Gasteiger partial charge >= 0.3 is 0 Å². The molecular weight excluding hydrogens is 312 g/mol. The fraction of sp³-hybridized carbons (Fsp3) is 0.615. The Morgan fingerprint density at radius 1 is 0.577 bits per heavy atom. The van der Waals surface area contributed by atoms with E-state index in [1.165, 1.54) is 94.2 Å². The van der Waals surface area contributed by atoms with Crippen molar-refractivity contribution in [2.24, 2.45) is 0 Å². The molecule has 144 valence electrons. The van der Waals surface area contributed by atoms with Gasteiger partial charge in [-0.1, -0.05) is 127 Å². The summed E-state index contributed by atoms with van der Waals surface area (Å²) in [6, 6.07) is 15.8. The molecule has 0 fully saturated rings. The first kappa shape index (κ1) is 21.0. The molecule has 0 saturated carbocycles. The predicted molar refractivity (Wildman–Crippen MR) is 118 cm³/mol. The van der Waals surface area contributed by atoms with E-state index in [2.05, 4.69) is 56.3 Å². The van der Waals surface area contributed by atoms with Gasteiger partial charge in [0.25, 0.3) is 0 Å². The van der Waals surface area contributed by atoms with Gasteiger partial charge in [-0.05, 0) is 35.1 Å². The molecule has 0 heterocycles. The summed E-state index contributed by atoms with van der Waals surface area (Å²) in [5, 5.41) is 2.87. The number of fused-ring (bicyclic) bond motifs is 1. The second kappa shape index (κ2) is 13.0. The van der Waals surface area contributed by atoms with Crippen molar-refractivity contribution in [2.75, 3.05) is 0 Å². The van der Waals surface area contributed by atoms with Crippen molar-refractivity contribution in [1.82, 2.24) is 0 Å². The molecule has 2 aromatic carbocycles. The Kier molecular flexibility index (Phi) is 10.5. The summed E-state index contributed by atoms with van der Waals surface area (Å²) >= 11 is 0. The molecule has 0 radical (unpaired) electrons. The minimum absolute atomic E-state index is 0.736. The molecule has 0 aliphatic rings. The summed E-state index contributed by atoms with van der Waals surface area (Å²) in [4.78, 5) is 0. The van der Waals surface area contributed by atoms with Crippen LogP contribution in [-0.4, -0.2) is 0 Å². The van der Waals surface area contributed by atoms with Gasteiger partial charge in [0.15, 0.2) is 0 Å². The van der Waals surface area contributed by atoms with Gasteiger partial charge in [0.1, 0.15) is 0 Å². The minimum Gasteiger partial charge on any atom is -0.0654 e. The molecule has 0 nitrogen and oxygen atoms in total. The van der Waals surface area contributed by atoms with E-state index in [1.54, 1.807) is 5.56 Å². The van der Waals surface area contributed by atoms with E-state index in [-0.39, 0.29) is 0 Å². The van der Waals surface area contributed by atoms with Gasteiger partial charge in [-0.2, -0.15) is 0 Å². The van der Waals surface area contributed by atoms with E-state index in [9.17, 15) is 0 Å². The summed E-state index contributed by atoms with van der Waals surface area (Å²) in [5.41, 5.74) is 1.58. The van der Waals surface area contributed by atoms with Crippen LogP contribution < -0.4 is 0 Å². The Hall–Kier alpha value is -1.30. The third kappa shape index (κ3) is 7.14. The second-order valence-corrected chi connectivity index (χ2v) is 8.02. The lowest BCUT2D eigenvalue weighted by Gasteiger charge is -2.19. The van der Waals surface area contributed by atoms with Crippen LogP contribution in [0, 0.1) is 0 Å². The fourth-order valence-electron chi connectivity index (χ4n) is 4.29. The first-order valence-electron chi connectivity index (χ1n) is 11.3. The van der Waals surface area contributed by atoms with Gasteiger partial charge in [0.05, 0.1) is 0 Å². The zero-order valence-corrected chi connectivity index (χ0v) is 17.3. The standard InChI is InChI=1S/C26H40/c1-3-5-6-7-8-9-10-11-12-13-18-23(17-4-2)26-22-16-20-24-19-14-15-21-25(24)26/h14-16,19-23H,3-13,17-18H2,1-2H3. The first-order valence-corrected chi connectivity index (χ1v) is 11.3. The highest BCUT2D eigenvalue weighted by atomic mass is 14.2. The Labute approximate surface area is 162 Å². The van der Waals surface area contributed by atoms with Crippen molar-refractivity contribution in [3.05, 3.63) is 48.0 Å². The van der Waals surface area contributed by atoms with Gasteiger partial charge in [0.2, 0.25) is 0 Å². The smallest absolute Gasteiger partial charge is 0.0149 e. The van der Waals surface area contributed by atoms with Crippen molar-refractivity contribution in [3.63, 3.8) is 0 Å². The summed E-state index contributed by atoms with van der Waals surface area (Å²) < 4.78 is 0. The Balaban J connectivity index is 1.73. The van der Waals surface area contributed by atoms with Crippen molar-refractivity contribution in [2.45, 2.75) is 103 Å². The molecule has 0 heteroatoms. The molecule has 0 aliphatic heterocycles. The third-order valence-electron chi connectivity index (χ3n) is 5.81. The summed E-state index contributed by atoms with van der Waals surface area (Å²) in [6.07, 6.45) is 18.2. The Morgan fingerprint density at radius 3 is 1.88 bits per heavy atom. The third-order valence-corrected chi connectivity index (χ3v) is 5.81. The minimum atomic E-state index is 0.736. The number of benzene rings is 2. The van der Waals surface area contributed by atoms with Crippen molar-refractivity contribution < 1.29 is 0 Å². The maximum atomic E-state index is 2.37. The maximum Gasteiger partial charge on any atom is -0.0149 e. The maximum absolute atomic E-state index is 2.37. The van der Waals surface area contributed by atoms with Crippen LogP contribution in [0.5, 0.6) is 0 Å². The van der Waals surface area contributed by atoms with Gasteiger partial charge in [-0.15, -0.1) is 0 Å². The lowest BCUT2D eigenvalue weighted by molar-refractivity contribution is 0.506. The average molecular weight is 353 g/mol. The van der Waals surface area contributed by atoms with Crippen LogP contribution in [0.3, 0.4) is 0 Å². The molecule has 0 bridgehead atoms. The average Bonchev–Trinajstić information content (AvgIpc) is 2.68. The lowest BCUT2D eigenvalue weighted by Crippen LogP contribution is -2.00. The van der Waals surface area contributed by atoms with Gasteiger partial charge < -0.3 is 0 Å². The van der Waals surface area contributed by atoms with Crippen molar-refractivity contribution in [3.8, 4) is 0 Å². The van der Waals surface area contributed by atoms with Crippen molar-refractivity contribution >= 4 is 10.8 Å². The van der Waals surface area contributed by atoms with Gasteiger partial charge in [0, 0.05) is 0 Å². The van der Waals surface area contributed by atoms with E-state index < -0.39 is 0 Å². The molecular formula is C26H40. The van der Waals surface area contributed by atoms with E-state index in [1.807, 2.05) is 0 Å². The molecule has 2 rings (SSSR count). The van der Waals surface area contributed by atoms with Gasteiger partial charge in [-0.25, -0.2) is 0 Å². The second-order valence-electron chi connectivity index (χ2n) is 8.02. The van der Waals surface area contributed by atoms with E-state index in [0.29, 0.717) is 0 Å². The highest BCUT2D eigenvalue weighted by Crippen LogP contribution is 2.32. The normalized spacial score (nSPS) is 12.5. The van der Waals surface area contributed by atoms with Crippen LogP contribution >= 0.6 is 0 Å². The van der Waals surface area contributed by atoms with E-state index in [0.717, 1.165) is 5.92 Å². The molecule has 0 amide bonds. The largest absolute Gasteiger partial charge is 0.0654 e. The molecule has 0 N–H and O–H groups in total. The van der Waals surface area contributed by atoms with Crippen LogP contribution in [0.15, 0.2) is 42.5 Å². The molecule has 2 aromatic rings. The van der Waals surface area contributed by atoms with Crippen LogP contribution in [0.4, 0.5) is 0 Å². The zero-order chi connectivity index (χ0) is 18.5. The number of rotatable bonds is 14. The lowest BCUT2D eigenvalue weighted by atomic mass is 9.86. The van der Waals surface area contributed by atoms with E-state index in [4.69, 9.17) is 0 Å². The molecule has 0 spiro atoms. The van der Waals surface area contributed by atoms with Crippen LogP contribution in [0.1, 0.15) is 109 Å². The van der Waals surface area contributed by atoms with Crippen molar-refractivity contribution in [1.29, 1.82) is 0 Å². The number of hydrogen-bond donors (Lipinski definition) is 0. The predicted octanol–water partition coefficient (Wildman–Crippen LogP) is 9.03. The van der Waals surface area contributed by atoms with Crippen LogP contribution in [0.25, 0.3) is 10.8 Å². The number of unbranched alkanes of at least 4 members (excludes halogenated alkanes) is 9. The van der Waals surface area contributed by atoms with Crippen LogP contribution in [0.2, 0.25) is 0 Å². The van der Waals surface area contributed by atoms with Gasteiger partial charge in [-0.3, -0.25) is 0 Å². The molecule has 0 aromatic heterocycles. The highest BCUT2D eigenvalue weighted by Gasteiger charge is 2.13. The topological polar surface area (TPSA) is 0 Å². The zero-order valence-electron chi connectivity index (χ0n) is 17.3. The molecule has 1 atom stereocenters. The highest BCUT2D eigenvalue weighted by molar-refractivity contribution is 5.86. The van der Waals surface area contributed by atoms with Crippen LogP contribution in [-0.2, 0) is 0 Å². The first-order chi connectivity index (χ1) is 12.9. The number of hydrogen-bond acceptors (Lipinski definition) is 0.